The topological polar surface area (TPSA) is 36.7 Å². The van der Waals surface area contributed by atoms with E-state index in [-0.39, 0.29) is 12.0 Å². The lowest BCUT2D eigenvalue weighted by atomic mass is 10.1. The Morgan fingerprint density at radius 2 is 2.29 bits per heavy atom. The van der Waals surface area contributed by atoms with Crippen molar-refractivity contribution in [3.05, 3.63) is 26.6 Å². The molecular formula is C9H7F2IN2. The summed E-state index contributed by atoms with van der Waals surface area (Å²) in [4.78, 5) is 4.04. The summed E-state index contributed by atoms with van der Waals surface area (Å²) in [6, 6.07) is 3.19. The number of hydrogen-bond acceptors (Lipinski definition) is 2. The minimum atomic E-state index is -2.55. The first-order valence-electron chi connectivity index (χ1n) is 3.87. The molecular weight excluding hydrogens is 301 g/mol. The Balaban J connectivity index is 3.30. The smallest absolute Gasteiger partial charge is 0.247 e. The van der Waals surface area contributed by atoms with Crippen LogP contribution in [0.3, 0.4) is 0 Å². The maximum absolute atomic E-state index is 12.6. The average molecular weight is 308 g/mol. The van der Waals surface area contributed by atoms with Crippen LogP contribution >= 0.6 is 22.6 Å². The van der Waals surface area contributed by atoms with Crippen LogP contribution < -0.4 is 0 Å². The monoisotopic (exact) mass is 308 g/mol. The van der Waals surface area contributed by atoms with Crippen molar-refractivity contribution in [1.82, 2.24) is 4.98 Å². The number of alkyl halides is 2. The fourth-order valence-electron chi connectivity index (χ4n) is 1.19. The van der Waals surface area contributed by atoms with Crippen LogP contribution in [0.1, 0.15) is 23.2 Å². The van der Waals surface area contributed by atoms with Crippen LogP contribution in [0.2, 0.25) is 0 Å². The summed E-state index contributed by atoms with van der Waals surface area (Å²) >= 11 is 1.88. The van der Waals surface area contributed by atoms with Gasteiger partial charge in [0.1, 0.15) is 3.70 Å². The second kappa shape index (κ2) is 4.64. The molecule has 1 aromatic heterocycles. The van der Waals surface area contributed by atoms with Crippen LogP contribution in [0, 0.1) is 22.0 Å². The van der Waals surface area contributed by atoms with Crippen molar-refractivity contribution in [3.8, 4) is 6.07 Å². The van der Waals surface area contributed by atoms with E-state index in [4.69, 9.17) is 5.26 Å². The van der Waals surface area contributed by atoms with E-state index in [0.717, 1.165) is 0 Å². The molecule has 0 aliphatic heterocycles. The highest BCUT2D eigenvalue weighted by Crippen LogP contribution is 2.26. The summed E-state index contributed by atoms with van der Waals surface area (Å²) in [7, 11) is 0. The van der Waals surface area contributed by atoms with Gasteiger partial charge in [0.2, 0.25) is 0 Å². The van der Waals surface area contributed by atoms with E-state index in [9.17, 15) is 8.78 Å². The van der Waals surface area contributed by atoms with E-state index < -0.39 is 6.43 Å². The van der Waals surface area contributed by atoms with E-state index >= 15 is 0 Å². The number of nitriles is 1. The molecule has 0 aliphatic rings. The Kier molecular flexibility index (Phi) is 3.75. The third-order valence-electron chi connectivity index (χ3n) is 1.83. The summed E-state index contributed by atoms with van der Waals surface area (Å²) in [5.74, 6) is 0. The first kappa shape index (κ1) is 11.3. The Morgan fingerprint density at radius 1 is 1.64 bits per heavy atom. The Bertz CT molecular complexity index is 385. The molecule has 0 atom stereocenters. The van der Waals surface area contributed by atoms with E-state index in [1.54, 1.807) is 6.92 Å². The maximum atomic E-state index is 12.6. The van der Waals surface area contributed by atoms with Gasteiger partial charge < -0.3 is 0 Å². The molecule has 1 heterocycles. The molecule has 74 valence electrons. The SMILES string of the molecule is Cc1nc(I)cc(C(F)F)c1CC#N. The van der Waals surface area contributed by atoms with Crippen molar-refractivity contribution in [2.24, 2.45) is 0 Å². The number of nitrogens with zero attached hydrogens (tertiary/aromatic N) is 2. The number of aryl methyl sites for hydroxylation is 1. The number of aromatic nitrogens is 1. The minimum absolute atomic E-state index is 0.0184. The number of rotatable bonds is 2. The van der Waals surface area contributed by atoms with Crippen LogP contribution in [-0.2, 0) is 6.42 Å². The molecule has 0 amide bonds. The minimum Gasteiger partial charge on any atom is -0.247 e. The van der Waals surface area contributed by atoms with Gasteiger partial charge >= 0.3 is 0 Å². The second-order valence-corrected chi connectivity index (χ2v) is 3.84. The third kappa shape index (κ3) is 2.38. The van der Waals surface area contributed by atoms with Crippen LogP contribution in [0.5, 0.6) is 0 Å². The lowest BCUT2D eigenvalue weighted by Gasteiger charge is -2.09. The standard InChI is InChI=1S/C9H7F2IN2/c1-5-6(2-3-13)7(9(10)11)4-8(12)14-5/h4,9H,2H2,1H3. The van der Waals surface area contributed by atoms with Gasteiger partial charge in [-0.15, -0.1) is 0 Å². The molecule has 0 bridgehead atoms. The molecule has 1 aromatic rings. The highest BCUT2D eigenvalue weighted by atomic mass is 127. The normalized spacial score (nSPS) is 10.3. The molecule has 0 aromatic carbocycles. The fourth-order valence-corrected chi connectivity index (χ4v) is 1.89. The van der Waals surface area contributed by atoms with Gasteiger partial charge in [-0.05, 0) is 41.1 Å². The van der Waals surface area contributed by atoms with Crippen molar-refractivity contribution in [1.29, 1.82) is 5.26 Å². The lowest BCUT2D eigenvalue weighted by Crippen LogP contribution is -2.01. The van der Waals surface area contributed by atoms with Crippen LogP contribution in [0.25, 0.3) is 0 Å². The molecule has 0 saturated carbocycles. The highest BCUT2D eigenvalue weighted by molar-refractivity contribution is 14.1. The zero-order chi connectivity index (χ0) is 10.7. The van der Waals surface area contributed by atoms with Crippen molar-refractivity contribution >= 4 is 22.6 Å². The van der Waals surface area contributed by atoms with Gasteiger partial charge in [0.05, 0.1) is 12.5 Å². The Labute approximate surface area is 94.1 Å². The molecule has 0 fully saturated rings. The summed E-state index contributed by atoms with van der Waals surface area (Å²) in [6.07, 6.45) is -2.57. The van der Waals surface area contributed by atoms with E-state index in [0.29, 0.717) is 15.0 Å². The zero-order valence-corrected chi connectivity index (χ0v) is 9.55. The molecule has 0 radical (unpaired) electrons. The fraction of sp³-hybridized carbons (Fsp3) is 0.333. The molecule has 14 heavy (non-hydrogen) atoms. The van der Waals surface area contributed by atoms with Gasteiger partial charge in [-0.1, -0.05) is 0 Å². The van der Waals surface area contributed by atoms with E-state index in [1.807, 2.05) is 28.7 Å². The Morgan fingerprint density at radius 3 is 2.79 bits per heavy atom. The number of halogens is 3. The quantitative estimate of drug-likeness (QED) is 0.622. The predicted molar refractivity (Wildman–Crippen MR) is 56.0 cm³/mol. The predicted octanol–water partition coefficient (Wildman–Crippen LogP) is 3.00. The van der Waals surface area contributed by atoms with Gasteiger partial charge in [-0.25, -0.2) is 13.8 Å². The van der Waals surface area contributed by atoms with E-state index in [1.165, 1.54) is 6.07 Å². The van der Waals surface area contributed by atoms with Gasteiger partial charge in [0, 0.05) is 11.3 Å². The first-order chi connectivity index (χ1) is 6.56. The van der Waals surface area contributed by atoms with Crippen molar-refractivity contribution in [2.75, 3.05) is 0 Å². The molecule has 0 unspecified atom stereocenters. The summed E-state index contributed by atoms with van der Waals surface area (Å²) in [5, 5.41) is 8.50. The number of hydrogen-bond donors (Lipinski definition) is 0. The molecule has 1 rings (SSSR count). The molecule has 0 spiro atoms. The average Bonchev–Trinajstić information content (AvgIpc) is 2.09. The van der Waals surface area contributed by atoms with Crippen molar-refractivity contribution < 1.29 is 8.78 Å². The summed E-state index contributed by atoms with van der Waals surface area (Å²) < 4.78 is 25.7. The molecule has 5 heteroatoms. The van der Waals surface area contributed by atoms with Crippen molar-refractivity contribution in [2.45, 2.75) is 19.8 Å². The third-order valence-corrected chi connectivity index (χ3v) is 2.38. The molecule has 0 N–H and O–H groups in total. The highest BCUT2D eigenvalue weighted by Gasteiger charge is 2.16. The van der Waals surface area contributed by atoms with Crippen molar-refractivity contribution in [3.63, 3.8) is 0 Å². The van der Waals surface area contributed by atoms with E-state index in [2.05, 4.69) is 4.98 Å². The van der Waals surface area contributed by atoms with Gasteiger partial charge in [-0.3, -0.25) is 0 Å². The summed E-state index contributed by atoms with van der Waals surface area (Å²) in [6.45, 7) is 1.64. The van der Waals surface area contributed by atoms with Crippen LogP contribution in [0.15, 0.2) is 6.07 Å². The molecule has 0 saturated heterocycles. The van der Waals surface area contributed by atoms with Crippen LogP contribution in [-0.4, -0.2) is 4.98 Å². The Hall–Kier alpha value is -0.770. The molecule has 2 nitrogen and oxygen atoms in total. The maximum Gasteiger partial charge on any atom is 0.264 e. The summed E-state index contributed by atoms with van der Waals surface area (Å²) in [5.41, 5.74) is 0.778. The van der Waals surface area contributed by atoms with Gasteiger partial charge in [0.25, 0.3) is 6.43 Å². The van der Waals surface area contributed by atoms with Gasteiger partial charge in [-0.2, -0.15) is 5.26 Å². The lowest BCUT2D eigenvalue weighted by molar-refractivity contribution is 0.150. The number of pyridine rings is 1. The second-order valence-electron chi connectivity index (χ2n) is 2.73. The largest absolute Gasteiger partial charge is 0.264 e. The van der Waals surface area contributed by atoms with Gasteiger partial charge in [0.15, 0.2) is 0 Å². The zero-order valence-electron chi connectivity index (χ0n) is 7.39. The first-order valence-corrected chi connectivity index (χ1v) is 4.95. The molecule has 0 aliphatic carbocycles. The van der Waals surface area contributed by atoms with Crippen LogP contribution in [0.4, 0.5) is 8.78 Å².